The van der Waals surface area contributed by atoms with Crippen molar-refractivity contribution in [2.24, 2.45) is 0 Å². The molecule has 0 rings (SSSR count). The van der Waals surface area contributed by atoms with Gasteiger partial charge >= 0.3 is 11.9 Å². The molecule has 0 fully saturated rings. The molecule has 0 amide bonds. The van der Waals surface area contributed by atoms with E-state index in [1.807, 2.05) is 21.1 Å². The van der Waals surface area contributed by atoms with Gasteiger partial charge in [-0.2, -0.15) is 0 Å². The molecule has 0 spiro atoms. The maximum Gasteiger partial charge on any atom is 0.306 e. The van der Waals surface area contributed by atoms with Gasteiger partial charge in [0, 0.05) is 12.8 Å². The Balaban J connectivity index is 4.00. The van der Waals surface area contributed by atoms with Gasteiger partial charge in [-0.15, -0.1) is 0 Å². The second-order valence-electron chi connectivity index (χ2n) is 23.1. The molecule has 0 radical (unpaired) electrons. The van der Waals surface area contributed by atoms with E-state index in [1.54, 1.807) is 0 Å². The first-order valence-corrected chi connectivity index (χ1v) is 34.6. The summed E-state index contributed by atoms with van der Waals surface area (Å²) >= 11 is 0. The molecule has 0 N–H and O–H groups in total. The molecule has 10 heteroatoms. The largest absolute Gasteiger partial charge is 0.756 e. The quantitative estimate of drug-likeness (QED) is 0.0195. The van der Waals surface area contributed by atoms with Crippen molar-refractivity contribution in [3.8, 4) is 0 Å². The summed E-state index contributed by atoms with van der Waals surface area (Å²) in [5.41, 5.74) is 0. The van der Waals surface area contributed by atoms with E-state index in [0.29, 0.717) is 17.4 Å². The number of hydrogen-bond acceptors (Lipinski definition) is 8. The number of nitrogens with zero attached hydrogens (tertiary/aromatic N) is 1. The second-order valence-corrected chi connectivity index (χ2v) is 24.5. The van der Waals surface area contributed by atoms with E-state index in [9.17, 15) is 19.0 Å². The molecule has 466 valence electrons. The number of likely N-dealkylation sites (N-methyl/N-ethyl adjacent to an activating group) is 1. The molecule has 0 aliphatic heterocycles. The number of carbonyl (C=O) groups excluding carboxylic acids is 2. The molecule has 0 heterocycles. The van der Waals surface area contributed by atoms with Crippen LogP contribution in [0.2, 0.25) is 0 Å². The van der Waals surface area contributed by atoms with E-state index >= 15 is 0 Å². The predicted molar refractivity (Wildman–Crippen MR) is 346 cm³/mol. The molecule has 0 aromatic heterocycles. The molecule has 0 aliphatic rings. The Morgan fingerprint density at radius 1 is 0.395 bits per heavy atom. The lowest BCUT2D eigenvalue weighted by Gasteiger charge is -2.28. The normalized spacial score (nSPS) is 13.9. The van der Waals surface area contributed by atoms with Crippen molar-refractivity contribution >= 4 is 19.8 Å². The zero-order chi connectivity index (χ0) is 59.1. The Bertz CT molecular complexity index is 1730. The highest BCUT2D eigenvalue weighted by Crippen LogP contribution is 2.38. The summed E-state index contributed by atoms with van der Waals surface area (Å²) in [7, 11) is 1.16. The van der Waals surface area contributed by atoms with Gasteiger partial charge in [0.05, 0.1) is 27.7 Å². The summed E-state index contributed by atoms with van der Waals surface area (Å²) in [6.07, 6.45) is 85.9. The number of phosphoric ester groups is 1. The van der Waals surface area contributed by atoms with Gasteiger partial charge in [0.1, 0.15) is 19.8 Å². The summed E-state index contributed by atoms with van der Waals surface area (Å²) in [5.74, 6) is -0.839. The second kappa shape index (κ2) is 61.2. The summed E-state index contributed by atoms with van der Waals surface area (Å²) in [6, 6.07) is 0. The van der Waals surface area contributed by atoms with Crippen LogP contribution in [-0.4, -0.2) is 70.0 Å². The van der Waals surface area contributed by atoms with Crippen molar-refractivity contribution in [1.29, 1.82) is 0 Å². The fourth-order valence-corrected chi connectivity index (χ4v) is 9.69. The zero-order valence-electron chi connectivity index (χ0n) is 52.9. The lowest BCUT2D eigenvalue weighted by atomic mass is 10.0. The van der Waals surface area contributed by atoms with E-state index < -0.39 is 32.5 Å². The Hall–Kier alpha value is -3.33. The van der Waals surface area contributed by atoms with Gasteiger partial charge in [-0.25, -0.2) is 0 Å². The van der Waals surface area contributed by atoms with Gasteiger partial charge in [0.15, 0.2) is 6.10 Å². The van der Waals surface area contributed by atoms with Crippen LogP contribution in [0.1, 0.15) is 277 Å². The minimum absolute atomic E-state index is 0.0344. The third-order valence-corrected chi connectivity index (χ3v) is 15.0. The topological polar surface area (TPSA) is 111 Å². The first-order chi connectivity index (χ1) is 39.5. The van der Waals surface area contributed by atoms with Crippen molar-refractivity contribution in [3.63, 3.8) is 0 Å². The van der Waals surface area contributed by atoms with Gasteiger partial charge in [0.2, 0.25) is 0 Å². The van der Waals surface area contributed by atoms with E-state index in [2.05, 4.69) is 123 Å². The third kappa shape index (κ3) is 65.7. The molecule has 0 aliphatic carbocycles. The predicted octanol–water partition coefficient (Wildman–Crippen LogP) is 20.7. The molecule has 81 heavy (non-hydrogen) atoms. The van der Waals surface area contributed by atoms with Crippen molar-refractivity contribution in [1.82, 2.24) is 0 Å². The molecule has 2 unspecified atom stereocenters. The monoisotopic (exact) mass is 1150 g/mol. The Labute approximate surface area is 499 Å². The standard InChI is InChI=1S/C71H124NO8P/c1-6-8-10-12-14-16-18-20-22-24-25-26-27-28-29-30-31-32-33-34-35-36-37-38-39-40-41-42-43-44-45-46-47-48-50-52-54-56-58-60-62-64-71(74)80-69(68-79-81(75,76)78-66-65-72(3,4)5)67-77-70(73)63-61-59-57-55-53-51-49-23-21-19-17-15-13-11-9-7-2/h8,10,14,16,20,22-23,25-26,28-29,31-32,34-35,37-38,49,69H,6-7,9,11-13,15,17-19,21,24,27,30,33,36,39-48,50-68H2,1-5H3/b10-8-,16-14-,22-20-,26-25-,29-28-,32-31-,35-34-,38-37-,49-23-. The van der Waals surface area contributed by atoms with Crippen LogP contribution in [0, 0.1) is 0 Å². The zero-order valence-corrected chi connectivity index (χ0v) is 53.8. The van der Waals surface area contributed by atoms with Crippen molar-refractivity contribution < 1.29 is 42.1 Å². The highest BCUT2D eigenvalue weighted by atomic mass is 31.2. The number of hydrogen-bond donors (Lipinski definition) is 0. The average Bonchev–Trinajstić information content (AvgIpc) is 3.43. The highest BCUT2D eigenvalue weighted by molar-refractivity contribution is 7.45. The number of rotatable bonds is 60. The number of allylic oxidation sites excluding steroid dienone is 18. The van der Waals surface area contributed by atoms with E-state index in [4.69, 9.17) is 18.5 Å². The Kier molecular flexibility index (Phi) is 58.7. The van der Waals surface area contributed by atoms with Gasteiger partial charge in [-0.3, -0.25) is 14.2 Å². The molecular weight excluding hydrogens is 1030 g/mol. The van der Waals surface area contributed by atoms with Crippen LogP contribution in [0.4, 0.5) is 0 Å². The van der Waals surface area contributed by atoms with Gasteiger partial charge in [-0.1, -0.05) is 271 Å². The Morgan fingerprint density at radius 3 is 1.06 bits per heavy atom. The SMILES string of the molecule is CC/C=C\C/C=C\C/C=C\C/C=C\C/C=C\C/C=C\C/C=C\C/C=C\CCCCCCCCCCCCCCCCCCC(=O)OC(COC(=O)CCCCCCC/C=C\CCCCCCCCC)COP(=O)([O-])OCC[N+](C)(C)C. The van der Waals surface area contributed by atoms with Gasteiger partial charge in [0.25, 0.3) is 7.82 Å². The molecule has 0 saturated heterocycles. The summed E-state index contributed by atoms with van der Waals surface area (Å²) in [6.45, 7) is 4.12. The number of unbranched alkanes of at least 4 members (excludes halogenated alkanes) is 28. The maximum atomic E-state index is 12.8. The van der Waals surface area contributed by atoms with E-state index in [-0.39, 0.29) is 26.1 Å². The van der Waals surface area contributed by atoms with Crippen LogP contribution >= 0.6 is 7.82 Å². The van der Waals surface area contributed by atoms with Gasteiger partial charge in [-0.05, 0) is 103 Å². The van der Waals surface area contributed by atoms with E-state index in [0.717, 1.165) is 109 Å². The molecule has 0 aromatic rings. The molecule has 0 aromatic carbocycles. The smallest absolute Gasteiger partial charge is 0.306 e. The minimum atomic E-state index is -4.64. The highest BCUT2D eigenvalue weighted by Gasteiger charge is 2.22. The fraction of sp³-hybridized carbons (Fsp3) is 0.718. The molecular formula is C71H124NO8P. The minimum Gasteiger partial charge on any atom is -0.756 e. The van der Waals surface area contributed by atoms with Crippen LogP contribution < -0.4 is 4.89 Å². The van der Waals surface area contributed by atoms with Crippen LogP contribution in [0.15, 0.2) is 109 Å². The van der Waals surface area contributed by atoms with Crippen LogP contribution in [0.25, 0.3) is 0 Å². The number of phosphoric acid groups is 1. The number of quaternary nitrogens is 1. The fourth-order valence-electron chi connectivity index (χ4n) is 8.96. The first kappa shape index (κ1) is 77.7. The maximum absolute atomic E-state index is 12.8. The molecule has 9 nitrogen and oxygen atoms in total. The van der Waals surface area contributed by atoms with Crippen LogP contribution in [0.5, 0.6) is 0 Å². The van der Waals surface area contributed by atoms with E-state index in [1.165, 1.54) is 135 Å². The van der Waals surface area contributed by atoms with Crippen LogP contribution in [-0.2, 0) is 32.7 Å². The molecule has 0 bridgehead atoms. The summed E-state index contributed by atoms with van der Waals surface area (Å²) < 4.78 is 34.2. The van der Waals surface area contributed by atoms with Crippen LogP contribution in [0.3, 0.4) is 0 Å². The lowest BCUT2D eigenvalue weighted by molar-refractivity contribution is -0.870. The first-order valence-electron chi connectivity index (χ1n) is 33.1. The lowest BCUT2D eigenvalue weighted by Crippen LogP contribution is -2.37. The Morgan fingerprint density at radius 2 is 0.704 bits per heavy atom. The summed E-state index contributed by atoms with van der Waals surface area (Å²) in [4.78, 5) is 37.9. The average molecular weight is 1150 g/mol. The third-order valence-electron chi connectivity index (χ3n) is 14.0. The number of ether oxygens (including phenoxy) is 2. The molecule has 0 saturated carbocycles. The molecule has 2 atom stereocenters. The number of carbonyl (C=O) groups is 2. The van der Waals surface area contributed by atoms with Crippen molar-refractivity contribution in [3.05, 3.63) is 109 Å². The summed E-state index contributed by atoms with van der Waals surface area (Å²) in [5, 5.41) is 0. The van der Waals surface area contributed by atoms with Crippen molar-refractivity contribution in [2.75, 3.05) is 47.5 Å². The van der Waals surface area contributed by atoms with Crippen molar-refractivity contribution in [2.45, 2.75) is 283 Å². The number of esters is 2. The van der Waals surface area contributed by atoms with Gasteiger partial charge < -0.3 is 27.9 Å².